The lowest BCUT2D eigenvalue weighted by Gasteiger charge is -2.18. The lowest BCUT2D eigenvalue weighted by molar-refractivity contribution is -0.112. The molecule has 8 heteroatoms. The van der Waals surface area contributed by atoms with E-state index >= 15 is 0 Å². The Morgan fingerprint density at radius 1 is 0.833 bits per heavy atom. The van der Waals surface area contributed by atoms with Crippen LogP contribution in [0.2, 0.25) is 20.1 Å². The van der Waals surface area contributed by atoms with Gasteiger partial charge in [-0.15, -0.1) is 0 Å². The number of fused-ring (bicyclic) bond motifs is 1. The highest BCUT2D eigenvalue weighted by Crippen LogP contribution is 2.34. The van der Waals surface area contributed by atoms with Crippen molar-refractivity contribution >= 4 is 63.7 Å². The topological polar surface area (TPSA) is 41.9 Å². The van der Waals surface area contributed by atoms with E-state index in [2.05, 4.69) is 5.16 Å². The normalized spacial score (nSPS) is 14.3. The SMILES string of the molecule is O=C1C(=NOCc2ccc(Cl)c(Cl)c2)c2ccccc2N1Cc1c(Cl)cccc1Cl. The van der Waals surface area contributed by atoms with Crippen LogP contribution >= 0.6 is 46.4 Å². The Labute approximate surface area is 193 Å². The summed E-state index contributed by atoms with van der Waals surface area (Å²) >= 11 is 24.5. The van der Waals surface area contributed by atoms with Crippen molar-refractivity contribution in [1.82, 2.24) is 0 Å². The first-order valence-electron chi connectivity index (χ1n) is 8.93. The van der Waals surface area contributed by atoms with Crippen molar-refractivity contribution < 1.29 is 9.63 Å². The smallest absolute Gasteiger partial charge is 0.281 e. The van der Waals surface area contributed by atoms with Gasteiger partial charge in [0.05, 0.1) is 22.3 Å². The van der Waals surface area contributed by atoms with Crippen LogP contribution in [0.25, 0.3) is 0 Å². The van der Waals surface area contributed by atoms with Crippen LogP contribution in [0, 0.1) is 0 Å². The number of carbonyl (C=O) groups excluding carboxylic acids is 1. The third kappa shape index (κ3) is 4.14. The molecule has 0 atom stereocenters. The van der Waals surface area contributed by atoms with Crippen LogP contribution in [-0.4, -0.2) is 11.6 Å². The fourth-order valence-electron chi connectivity index (χ4n) is 3.15. The number of halogens is 4. The van der Waals surface area contributed by atoms with E-state index in [-0.39, 0.29) is 24.8 Å². The highest BCUT2D eigenvalue weighted by Gasteiger charge is 2.35. The Kier molecular flexibility index (Phi) is 6.21. The molecule has 4 nitrogen and oxygen atoms in total. The molecule has 0 aliphatic carbocycles. The Morgan fingerprint density at radius 3 is 2.30 bits per heavy atom. The highest BCUT2D eigenvalue weighted by molar-refractivity contribution is 6.54. The lowest BCUT2D eigenvalue weighted by atomic mass is 10.1. The summed E-state index contributed by atoms with van der Waals surface area (Å²) < 4.78 is 0. The minimum Gasteiger partial charge on any atom is -0.390 e. The Bertz CT molecular complexity index is 1140. The molecule has 0 aromatic heterocycles. The molecule has 0 fully saturated rings. The fourth-order valence-corrected chi connectivity index (χ4v) is 3.99. The highest BCUT2D eigenvalue weighted by atomic mass is 35.5. The Balaban J connectivity index is 1.59. The van der Waals surface area contributed by atoms with Crippen molar-refractivity contribution in [2.75, 3.05) is 4.90 Å². The molecule has 1 amide bonds. The maximum atomic E-state index is 13.1. The minimum absolute atomic E-state index is 0.145. The average Bonchev–Trinajstić information content (AvgIpc) is 2.99. The van der Waals surface area contributed by atoms with Gasteiger partial charge in [0.2, 0.25) is 0 Å². The van der Waals surface area contributed by atoms with Crippen LogP contribution in [0.3, 0.4) is 0 Å². The van der Waals surface area contributed by atoms with Crippen LogP contribution in [-0.2, 0) is 22.8 Å². The van der Waals surface area contributed by atoms with Crippen LogP contribution in [0.15, 0.2) is 65.8 Å². The number of benzene rings is 3. The summed E-state index contributed by atoms with van der Waals surface area (Å²) in [5, 5.41) is 5.99. The van der Waals surface area contributed by atoms with Crippen molar-refractivity contribution in [2.24, 2.45) is 5.16 Å². The monoisotopic (exact) mass is 478 g/mol. The van der Waals surface area contributed by atoms with Crippen LogP contribution in [0.1, 0.15) is 16.7 Å². The third-order valence-corrected chi connectivity index (χ3v) is 6.09. The molecule has 0 saturated carbocycles. The van der Waals surface area contributed by atoms with E-state index in [1.165, 1.54) is 0 Å². The summed E-state index contributed by atoms with van der Waals surface area (Å²) in [6.45, 7) is 0.367. The van der Waals surface area contributed by atoms with Gasteiger partial charge >= 0.3 is 0 Å². The molecule has 30 heavy (non-hydrogen) atoms. The van der Waals surface area contributed by atoms with Gasteiger partial charge in [-0.05, 0) is 35.9 Å². The number of rotatable bonds is 5. The Morgan fingerprint density at radius 2 is 1.57 bits per heavy atom. The van der Waals surface area contributed by atoms with E-state index in [1.807, 2.05) is 24.3 Å². The number of hydrogen-bond donors (Lipinski definition) is 0. The fraction of sp³-hybridized carbons (Fsp3) is 0.0909. The summed E-state index contributed by atoms with van der Waals surface area (Å²) in [5.74, 6) is -0.290. The van der Waals surface area contributed by atoms with Crippen molar-refractivity contribution in [3.05, 3.63) is 97.4 Å². The summed E-state index contributed by atoms with van der Waals surface area (Å²) in [4.78, 5) is 20.2. The maximum absolute atomic E-state index is 13.1. The maximum Gasteiger partial charge on any atom is 0.281 e. The molecule has 0 spiro atoms. The van der Waals surface area contributed by atoms with E-state index in [0.717, 1.165) is 11.3 Å². The zero-order valence-electron chi connectivity index (χ0n) is 15.4. The van der Waals surface area contributed by atoms with Crippen LogP contribution in [0.5, 0.6) is 0 Å². The van der Waals surface area contributed by atoms with E-state index in [0.29, 0.717) is 31.2 Å². The summed E-state index contributed by atoms with van der Waals surface area (Å²) in [7, 11) is 0. The molecule has 0 N–H and O–H groups in total. The van der Waals surface area contributed by atoms with Crippen LogP contribution in [0.4, 0.5) is 5.69 Å². The largest absolute Gasteiger partial charge is 0.390 e. The van der Waals surface area contributed by atoms with Gasteiger partial charge in [0.1, 0.15) is 6.61 Å². The predicted octanol–water partition coefficient (Wildman–Crippen LogP) is 6.77. The zero-order chi connectivity index (χ0) is 21.3. The van der Waals surface area contributed by atoms with Crippen molar-refractivity contribution in [3.8, 4) is 0 Å². The second-order valence-electron chi connectivity index (χ2n) is 6.57. The molecular formula is C22H14Cl4N2O2. The van der Waals surface area contributed by atoms with Crippen LogP contribution < -0.4 is 4.90 Å². The molecule has 0 bridgehead atoms. The molecule has 1 aliphatic rings. The molecule has 3 aromatic carbocycles. The lowest BCUT2D eigenvalue weighted by Crippen LogP contribution is -2.30. The first kappa shape index (κ1) is 21.0. The standard InChI is InChI=1S/C22H14Cl4N2O2/c23-16-5-3-6-17(24)15(16)11-28-20-7-2-1-4-14(20)21(22(28)29)27-30-12-13-8-9-18(25)19(26)10-13/h1-10H,11-12H2. The number of anilines is 1. The number of carbonyl (C=O) groups is 1. The molecule has 0 saturated heterocycles. The minimum atomic E-state index is -0.290. The predicted molar refractivity (Wildman–Crippen MR) is 122 cm³/mol. The average molecular weight is 480 g/mol. The first-order chi connectivity index (χ1) is 14.5. The summed E-state index contributed by atoms with van der Waals surface area (Å²) in [6.07, 6.45) is 0. The second kappa shape index (κ2) is 8.86. The number of amides is 1. The summed E-state index contributed by atoms with van der Waals surface area (Å²) in [6, 6.07) is 17.8. The quantitative estimate of drug-likeness (QED) is 0.379. The number of para-hydroxylation sites is 1. The van der Waals surface area contributed by atoms with Crippen molar-refractivity contribution in [1.29, 1.82) is 0 Å². The summed E-state index contributed by atoms with van der Waals surface area (Å²) in [5.41, 5.74) is 3.07. The van der Waals surface area contributed by atoms with Gasteiger partial charge in [0.25, 0.3) is 5.91 Å². The van der Waals surface area contributed by atoms with Gasteiger partial charge in [0.15, 0.2) is 5.71 Å². The van der Waals surface area contributed by atoms with E-state index in [4.69, 9.17) is 51.2 Å². The molecule has 0 radical (unpaired) electrons. The number of oxime groups is 1. The molecule has 3 aromatic rings. The van der Waals surface area contributed by atoms with Gasteiger partial charge < -0.3 is 9.74 Å². The molecule has 1 aliphatic heterocycles. The van der Waals surface area contributed by atoms with Crippen molar-refractivity contribution in [3.63, 3.8) is 0 Å². The van der Waals surface area contributed by atoms with Gasteiger partial charge in [-0.2, -0.15) is 0 Å². The second-order valence-corrected chi connectivity index (χ2v) is 8.20. The first-order valence-corrected chi connectivity index (χ1v) is 10.4. The van der Waals surface area contributed by atoms with Crippen molar-refractivity contribution in [2.45, 2.75) is 13.2 Å². The molecule has 1 heterocycles. The van der Waals surface area contributed by atoms with Gasteiger partial charge in [0, 0.05) is 21.2 Å². The van der Waals surface area contributed by atoms with E-state index in [1.54, 1.807) is 41.3 Å². The van der Waals surface area contributed by atoms with Gasteiger partial charge in [-0.3, -0.25) is 4.79 Å². The van der Waals surface area contributed by atoms with E-state index in [9.17, 15) is 4.79 Å². The molecule has 4 rings (SSSR count). The van der Waals surface area contributed by atoms with Gasteiger partial charge in [-0.1, -0.05) is 81.9 Å². The number of nitrogens with zero attached hydrogens (tertiary/aromatic N) is 2. The zero-order valence-corrected chi connectivity index (χ0v) is 18.4. The van der Waals surface area contributed by atoms with Gasteiger partial charge in [-0.25, -0.2) is 0 Å². The molecular weight excluding hydrogens is 466 g/mol. The third-order valence-electron chi connectivity index (χ3n) is 4.65. The Hall–Kier alpha value is -2.24. The number of hydrogen-bond acceptors (Lipinski definition) is 3. The molecule has 0 unspecified atom stereocenters. The molecule has 152 valence electrons. The van der Waals surface area contributed by atoms with E-state index < -0.39 is 0 Å².